The van der Waals surface area contributed by atoms with E-state index in [1.54, 1.807) is 25.1 Å². The van der Waals surface area contributed by atoms with E-state index >= 15 is 0 Å². The first-order chi connectivity index (χ1) is 26.3. The molecule has 306 valence electrons. The van der Waals surface area contributed by atoms with Gasteiger partial charge in [-0.2, -0.15) is 13.2 Å². The van der Waals surface area contributed by atoms with E-state index in [-0.39, 0.29) is 31.2 Å². The van der Waals surface area contributed by atoms with Gasteiger partial charge in [0.15, 0.2) is 0 Å². The lowest BCUT2D eigenvalue weighted by Gasteiger charge is -2.33. The normalized spacial score (nSPS) is 29.5. The minimum Gasteiger partial charge on any atom is -0.494 e. The maximum Gasteiger partial charge on any atom is 0.427 e. The Balaban J connectivity index is 1.35. The van der Waals surface area contributed by atoms with E-state index in [2.05, 4.69) is 20.3 Å². The van der Waals surface area contributed by atoms with Gasteiger partial charge < -0.3 is 29.7 Å². The number of pyridine rings is 1. The fourth-order valence-electron chi connectivity index (χ4n) is 7.32. The van der Waals surface area contributed by atoms with Gasteiger partial charge in [-0.25, -0.2) is 18.2 Å². The number of carbonyl (C=O) groups excluding carboxylic acids is 4. The second-order valence-electron chi connectivity index (χ2n) is 15.9. The Morgan fingerprint density at radius 3 is 2.39 bits per heavy atom. The monoisotopic (exact) mass is 807 g/mol. The lowest BCUT2D eigenvalue weighted by atomic mass is 9.92. The Morgan fingerprint density at radius 2 is 1.73 bits per heavy atom. The molecule has 0 bridgehead atoms. The molecule has 3 heterocycles. The highest BCUT2D eigenvalue weighted by Crippen LogP contribution is 2.46. The Morgan fingerprint density at radius 1 is 1.04 bits per heavy atom. The molecule has 6 rings (SSSR count). The number of rotatable bonds is 8. The zero-order valence-electron chi connectivity index (χ0n) is 31.9. The van der Waals surface area contributed by atoms with Crippen LogP contribution in [0.25, 0.3) is 10.8 Å². The van der Waals surface area contributed by atoms with E-state index in [0.717, 1.165) is 0 Å². The fourth-order valence-corrected chi connectivity index (χ4v) is 8.68. The van der Waals surface area contributed by atoms with Gasteiger partial charge in [0, 0.05) is 23.1 Å². The summed E-state index contributed by atoms with van der Waals surface area (Å²) < 4.78 is 85.5. The van der Waals surface area contributed by atoms with Crippen molar-refractivity contribution in [1.82, 2.24) is 25.2 Å². The number of sulfonamides is 1. The topological polar surface area (TPSA) is 182 Å². The summed E-state index contributed by atoms with van der Waals surface area (Å²) in [5.74, 6) is -2.96. The Labute approximate surface area is 323 Å². The van der Waals surface area contributed by atoms with Crippen LogP contribution in [0.4, 0.5) is 18.0 Å². The first kappa shape index (κ1) is 41.0. The number of nitrogens with zero attached hydrogens (tertiary/aromatic N) is 2. The number of aromatic nitrogens is 1. The van der Waals surface area contributed by atoms with Gasteiger partial charge in [-0.05, 0) is 63.9 Å². The van der Waals surface area contributed by atoms with E-state index in [1.807, 2.05) is 25.1 Å². The molecule has 0 spiro atoms. The predicted octanol–water partition coefficient (Wildman–Crippen LogP) is 4.52. The van der Waals surface area contributed by atoms with Gasteiger partial charge in [-0.15, -0.1) is 0 Å². The van der Waals surface area contributed by atoms with Crippen LogP contribution >= 0.6 is 0 Å². The number of carbonyl (C=O) groups is 4. The number of fused-ring (bicyclic) bond motifs is 3. The number of ether oxygens (including phenoxy) is 3. The highest BCUT2D eigenvalue weighted by Gasteiger charge is 2.62. The number of hydrogen-bond donors (Lipinski definition) is 3. The van der Waals surface area contributed by atoms with Gasteiger partial charge in [0.25, 0.3) is 5.91 Å². The molecule has 1 aromatic carbocycles. The summed E-state index contributed by atoms with van der Waals surface area (Å²) in [6.07, 6.45) is 0.291. The second kappa shape index (κ2) is 15.4. The molecule has 4 aliphatic rings. The number of methoxy groups -OCH3 is 1. The minimum atomic E-state index is -4.91. The van der Waals surface area contributed by atoms with Crippen molar-refractivity contribution in [3.05, 3.63) is 42.6 Å². The molecule has 3 fully saturated rings. The SMILES string of the molecule is COc1cnc(O[C@@H]2C[C@H]3C(=O)N[C@]4(C(=O)NS(=O)(=O)C5CC5)C[C@H]4/C=C\[C@H](C)CCC[C@@H](C)[C@H](NC(=O)OC(C)(C)C(F)(F)F)C(=O)N3C2)c2ccccc12. The van der Waals surface area contributed by atoms with E-state index in [1.165, 1.54) is 18.2 Å². The smallest absolute Gasteiger partial charge is 0.427 e. The summed E-state index contributed by atoms with van der Waals surface area (Å²) in [4.78, 5) is 61.5. The van der Waals surface area contributed by atoms with Crippen LogP contribution in [0.15, 0.2) is 42.6 Å². The van der Waals surface area contributed by atoms with Crippen molar-refractivity contribution in [2.45, 2.75) is 113 Å². The van der Waals surface area contributed by atoms with Crippen LogP contribution in [0.2, 0.25) is 0 Å². The molecule has 0 radical (unpaired) electrons. The van der Waals surface area contributed by atoms with E-state index < -0.39 is 86.4 Å². The number of alkyl carbamates (subject to hydrolysis) is 1. The minimum absolute atomic E-state index is 0.0251. The van der Waals surface area contributed by atoms with Crippen LogP contribution in [-0.4, -0.2) is 96.5 Å². The maximum atomic E-state index is 14.6. The van der Waals surface area contributed by atoms with Crippen LogP contribution in [0.1, 0.15) is 72.6 Å². The third kappa shape index (κ3) is 8.54. The molecule has 2 saturated carbocycles. The largest absolute Gasteiger partial charge is 0.494 e. The average molecular weight is 808 g/mol. The molecular formula is C38H48F3N5O9S. The molecule has 2 aromatic rings. The predicted molar refractivity (Wildman–Crippen MR) is 197 cm³/mol. The van der Waals surface area contributed by atoms with Crippen molar-refractivity contribution < 1.29 is 55.0 Å². The van der Waals surface area contributed by atoms with Crippen LogP contribution in [0.5, 0.6) is 11.6 Å². The molecule has 2 aliphatic heterocycles. The Hall–Kier alpha value is -4.61. The van der Waals surface area contributed by atoms with Crippen molar-refractivity contribution in [2.75, 3.05) is 13.7 Å². The van der Waals surface area contributed by atoms with Crippen LogP contribution in [0.3, 0.4) is 0 Å². The van der Waals surface area contributed by atoms with Crippen molar-refractivity contribution in [3.8, 4) is 11.6 Å². The van der Waals surface area contributed by atoms with E-state index in [4.69, 9.17) is 14.2 Å². The molecule has 14 nitrogen and oxygen atoms in total. The van der Waals surface area contributed by atoms with Crippen molar-refractivity contribution >= 4 is 44.6 Å². The first-order valence-corrected chi connectivity index (χ1v) is 20.3. The number of nitrogens with one attached hydrogen (secondary N) is 3. The molecule has 1 saturated heterocycles. The van der Waals surface area contributed by atoms with Crippen LogP contribution < -0.4 is 24.8 Å². The average Bonchev–Trinajstić information content (AvgIpc) is 4.05. The van der Waals surface area contributed by atoms with Crippen molar-refractivity contribution in [3.63, 3.8) is 0 Å². The lowest BCUT2D eigenvalue weighted by molar-refractivity contribution is -0.244. The summed E-state index contributed by atoms with van der Waals surface area (Å²) in [6.45, 7) is 4.79. The highest BCUT2D eigenvalue weighted by molar-refractivity contribution is 7.91. The van der Waals surface area contributed by atoms with Crippen molar-refractivity contribution in [1.29, 1.82) is 0 Å². The number of alkyl halides is 3. The van der Waals surface area contributed by atoms with E-state index in [0.29, 0.717) is 62.5 Å². The van der Waals surface area contributed by atoms with Gasteiger partial charge in [0.05, 0.1) is 25.1 Å². The Bertz CT molecular complexity index is 2010. The quantitative estimate of drug-likeness (QED) is 0.321. The number of amides is 4. The molecule has 18 heteroatoms. The molecule has 3 N–H and O–H groups in total. The summed E-state index contributed by atoms with van der Waals surface area (Å²) in [7, 11) is -2.48. The molecule has 1 aromatic heterocycles. The van der Waals surface area contributed by atoms with Gasteiger partial charge >= 0.3 is 12.3 Å². The van der Waals surface area contributed by atoms with Crippen LogP contribution in [0, 0.1) is 17.8 Å². The number of allylic oxidation sites excluding steroid dienone is 1. The van der Waals surface area contributed by atoms with Crippen molar-refractivity contribution in [2.24, 2.45) is 17.8 Å². The third-order valence-corrected chi connectivity index (χ3v) is 13.0. The van der Waals surface area contributed by atoms with E-state index in [9.17, 15) is 40.8 Å². The number of hydrogen-bond acceptors (Lipinski definition) is 10. The summed E-state index contributed by atoms with van der Waals surface area (Å²) in [6, 6.07) is 4.42. The van der Waals surface area contributed by atoms with Gasteiger partial charge in [0.2, 0.25) is 33.3 Å². The summed E-state index contributed by atoms with van der Waals surface area (Å²) in [5, 5.41) is 5.73. The molecule has 2 aliphatic carbocycles. The van der Waals surface area contributed by atoms with Crippen LogP contribution in [-0.2, 0) is 29.1 Å². The molecule has 56 heavy (non-hydrogen) atoms. The summed E-state index contributed by atoms with van der Waals surface area (Å²) in [5.41, 5.74) is -4.51. The van der Waals surface area contributed by atoms with Gasteiger partial charge in [0.1, 0.15) is 29.5 Å². The highest BCUT2D eigenvalue weighted by atomic mass is 32.2. The van der Waals surface area contributed by atoms with Gasteiger partial charge in [-0.3, -0.25) is 19.1 Å². The maximum absolute atomic E-state index is 14.6. The molecule has 4 amide bonds. The number of halogens is 3. The standard InChI is InChI=1S/C38H48F3N5O9S/c1-21-9-8-10-22(2)30(43-35(50)55-36(3,4)38(39,40)41)33(48)46-20-24(54-32-27-12-7-6-11-26(27)29(53-5)19-42-32)17-28(46)31(47)44-37(18-23(37)14-13-21)34(49)45-56(51,52)25-15-16-25/h6-7,11-14,19,21-25,28,30H,8-10,15-18,20H2,1-5H3,(H,43,50)(H,44,47)(H,45,49)/b14-13-/t21-,22-,23-,24-,28+,30+,37-/m1/s1. The lowest BCUT2D eigenvalue weighted by Crippen LogP contribution is -2.59. The Kier molecular flexibility index (Phi) is 11.3. The third-order valence-electron chi connectivity index (χ3n) is 11.2. The second-order valence-corrected chi connectivity index (χ2v) is 17.9. The molecular weight excluding hydrogens is 760 g/mol. The first-order valence-electron chi connectivity index (χ1n) is 18.8. The zero-order valence-corrected chi connectivity index (χ0v) is 32.7. The molecule has 0 unspecified atom stereocenters. The summed E-state index contributed by atoms with van der Waals surface area (Å²) >= 11 is 0. The molecule has 7 atom stereocenters. The zero-order chi connectivity index (χ0) is 40.8. The number of benzene rings is 1. The van der Waals surface area contributed by atoms with Gasteiger partial charge in [-0.1, -0.05) is 50.6 Å². The fraction of sp³-hybridized carbons (Fsp3) is 0.605.